The molecule has 0 unspecified atom stereocenters. The maximum absolute atomic E-state index is 5.40. The number of aryl methyl sites for hydroxylation is 1. The molecule has 7 heteroatoms. The normalized spacial score (nSPS) is 11.7. The fourth-order valence-corrected chi connectivity index (χ4v) is 3.59. The summed E-state index contributed by atoms with van der Waals surface area (Å²) in [5.74, 6) is 0.555. The van der Waals surface area contributed by atoms with Crippen molar-refractivity contribution in [3.05, 3.63) is 89.6 Å². The molecule has 0 atom stereocenters. The van der Waals surface area contributed by atoms with Crippen LogP contribution in [-0.4, -0.2) is 30.4 Å². The van der Waals surface area contributed by atoms with Crippen molar-refractivity contribution in [1.82, 2.24) is 24.1 Å². The van der Waals surface area contributed by atoms with Crippen LogP contribution >= 0.6 is 0 Å². The van der Waals surface area contributed by atoms with Gasteiger partial charge in [-0.05, 0) is 37.1 Å². The van der Waals surface area contributed by atoms with Crippen LogP contribution in [0.5, 0.6) is 0 Å². The van der Waals surface area contributed by atoms with Crippen molar-refractivity contribution in [1.29, 1.82) is 0 Å². The molecule has 0 amide bonds. The first-order valence-electron chi connectivity index (χ1n) is 9.70. The molecule has 7 nitrogen and oxygen atoms in total. The van der Waals surface area contributed by atoms with Gasteiger partial charge < -0.3 is 4.84 Å². The zero-order valence-corrected chi connectivity index (χ0v) is 16.7. The van der Waals surface area contributed by atoms with Crippen LogP contribution in [0.3, 0.4) is 0 Å². The van der Waals surface area contributed by atoms with Gasteiger partial charge in [0.05, 0.1) is 11.6 Å². The number of hydrogen-bond acceptors (Lipinski definition) is 5. The Morgan fingerprint density at radius 1 is 0.967 bits per heavy atom. The van der Waals surface area contributed by atoms with Gasteiger partial charge in [0.1, 0.15) is 6.33 Å². The molecule has 30 heavy (non-hydrogen) atoms. The molecule has 2 aromatic carbocycles. The van der Waals surface area contributed by atoms with E-state index in [1.165, 1.54) is 0 Å². The van der Waals surface area contributed by atoms with E-state index in [0.29, 0.717) is 5.82 Å². The topological polar surface area (TPSA) is 69.6 Å². The van der Waals surface area contributed by atoms with E-state index in [9.17, 15) is 0 Å². The standard InChI is InChI=1S/C23H20N6O/c1-16-17(2)29(19-11-7-4-8-12-19)22-21(16)23-26-20(27-28(23)15-24-22)14-30-25-13-18-9-5-3-6-10-18/h3-13,15H,14H2,1-2H3. The van der Waals surface area contributed by atoms with Gasteiger partial charge in [0.2, 0.25) is 0 Å². The third-order valence-electron chi connectivity index (χ3n) is 5.16. The van der Waals surface area contributed by atoms with E-state index >= 15 is 0 Å². The van der Waals surface area contributed by atoms with Crippen molar-refractivity contribution < 1.29 is 4.84 Å². The maximum Gasteiger partial charge on any atom is 0.192 e. The van der Waals surface area contributed by atoms with Crippen LogP contribution in [0.4, 0.5) is 0 Å². The Hall–Kier alpha value is -4.00. The van der Waals surface area contributed by atoms with Gasteiger partial charge in [0.25, 0.3) is 0 Å². The van der Waals surface area contributed by atoms with Crippen LogP contribution < -0.4 is 0 Å². The summed E-state index contributed by atoms with van der Waals surface area (Å²) in [5.41, 5.74) is 5.94. The number of fused-ring (bicyclic) bond motifs is 3. The van der Waals surface area contributed by atoms with E-state index in [2.05, 4.69) is 45.8 Å². The lowest BCUT2D eigenvalue weighted by atomic mass is 10.2. The molecule has 0 radical (unpaired) electrons. The second kappa shape index (κ2) is 7.44. The summed E-state index contributed by atoms with van der Waals surface area (Å²) in [6.07, 6.45) is 3.36. The van der Waals surface area contributed by atoms with Crippen LogP contribution in [0.15, 0.2) is 72.1 Å². The fourth-order valence-electron chi connectivity index (χ4n) is 3.59. The molecule has 0 saturated carbocycles. The molecule has 0 fully saturated rings. The average Bonchev–Trinajstić information content (AvgIpc) is 3.31. The van der Waals surface area contributed by atoms with Gasteiger partial charge in [-0.15, -0.1) is 5.10 Å². The summed E-state index contributed by atoms with van der Waals surface area (Å²) < 4.78 is 3.85. The predicted octanol–water partition coefficient (Wildman–Crippen LogP) is 4.24. The van der Waals surface area contributed by atoms with Gasteiger partial charge in [-0.3, -0.25) is 4.57 Å². The van der Waals surface area contributed by atoms with Crippen LogP contribution in [0.1, 0.15) is 22.6 Å². The first-order valence-corrected chi connectivity index (χ1v) is 9.70. The molecule has 5 rings (SSSR count). The molecule has 0 aliphatic carbocycles. The predicted molar refractivity (Wildman–Crippen MR) is 116 cm³/mol. The van der Waals surface area contributed by atoms with Gasteiger partial charge in [0.15, 0.2) is 23.7 Å². The van der Waals surface area contributed by atoms with Gasteiger partial charge in [-0.25, -0.2) is 14.5 Å². The Bertz CT molecular complexity index is 1350. The van der Waals surface area contributed by atoms with E-state index in [1.54, 1.807) is 17.1 Å². The zero-order valence-electron chi connectivity index (χ0n) is 16.7. The number of oxime groups is 1. The molecule has 0 spiro atoms. The van der Waals surface area contributed by atoms with Crippen LogP contribution in [0.25, 0.3) is 22.4 Å². The number of rotatable bonds is 5. The highest BCUT2D eigenvalue weighted by Crippen LogP contribution is 2.29. The highest BCUT2D eigenvalue weighted by atomic mass is 16.6. The Morgan fingerprint density at radius 2 is 1.70 bits per heavy atom. The SMILES string of the molecule is Cc1c(C)n(-c2ccccc2)c2ncn3nc(CON=Cc4ccccc4)nc3c12. The molecular weight excluding hydrogens is 376 g/mol. The van der Waals surface area contributed by atoms with Crippen molar-refractivity contribution in [2.75, 3.05) is 0 Å². The minimum absolute atomic E-state index is 0.184. The average molecular weight is 396 g/mol. The van der Waals surface area contributed by atoms with E-state index < -0.39 is 0 Å². The fraction of sp³-hybridized carbons (Fsp3) is 0.130. The van der Waals surface area contributed by atoms with Gasteiger partial charge in [-0.1, -0.05) is 53.7 Å². The Balaban J connectivity index is 1.49. The van der Waals surface area contributed by atoms with Crippen molar-refractivity contribution >= 4 is 22.9 Å². The number of nitrogens with zero attached hydrogens (tertiary/aromatic N) is 6. The first-order chi connectivity index (χ1) is 14.7. The maximum atomic E-state index is 5.40. The first kappa shape index (κ1) is 18.1. The second-order valence-electron chi connectivity index (χ2n) is 7.04. The lowest BCUT2D eigenvalue weighted by Gasteiger charge is -2.07. The van der Waals surface area contributed by atoms with Crippen molar-refractivity contribution in [2.45, 2.75) is 20.5 Å². The third kappa shape index (κ3) is 3.10. The monoisotopic (exact) mass is 396 g/mol. The summed E-state index contributed by atoms with van der Waals surface area (Å²) in [6, 6.07) is 20.0. The highest BCUT2D eigenvalue weighted by molar-refractivity contribution is 5.94. The number of aromatic nitrogens is 5. The van der Waals surface area contributed by atoms with Gasteiger partial charge >= 0.3 is 0 Å². The lowest BCUT2D eigenvalue weighted by molar-refractivity contribution is 0.126. The molecule has 148 valence electrons. The van der Waals surface area contributed by atoms with Crippen LogP contribution in [0.2, 0.25) is 0 Å². The Morgan fingerprint density at radius 3 is 2.47 bits per heavy atom. The number of hydrogen-bond donors (Lipinski definition) is 0. The molecule has 0 aliphatic heterocycles. The molecule has 3 aromatic heterocycles. The molecule has 0 aliphatic rings. The van der Waals surface area contributed by atoms with E-state index in [4.69, 9.17) is 9.82 Å². The summed E-state index contributed by atoms with van der Waals surface area (Å²) in [7, 11) is 0. The number of para-hydroxylation sites is 1. The molecular formula is C23H20N6O. The quantitative estimate of drug-likeness (QED) is 0.329. The lowest BCUT2D eigenvalue weighted by Crippen LogP contribution is -1.99. The van der Waals surface area contributed by atoms with Gasteiger partial charge in [-0.2, -0.15) is 0 Å². The summed E-state index contributed by atoms with van der Waals surface area (Å²) in [5, 5.41) is 9.50. The Labute approximate surface area is 173 Å². The second-order valence-corrected chi connectivity index (χ2v) is 7.04. The molecule has 5 aromatic rings. The molecule has 0 bridgehead atoms. The molecule has 0 saturated heterocycles. The summed E-state index contributed by atoms with van der Waals surface area (Å²) >= 11 is 0. The largest absolute Gasteiger partial charge is 0.387 e. The van der Waals surface area contributed by atoms with E-state index in [1.807, 2.05) is 48.5 Å². The zero-order chi connectivity index (χ0) is 20.5. The minimum Gasteiger partial charge on any atom is -0.387 e. The highest BCUT2D eigenvalue weighted by Gasteiger charge is 2.18. The minimum atomic E-state index is 0.184. The smallest absolute Gasteiger partial charge is 0.192 e. The summed E-state index contributed by atoms with van der Waals surface area (Å²) in [4.78, 5) is 14.8. The van der Waals surface area contributed by atoms with Crippen LogP contribution in [-0.2, 0) is 11.4 Å². The van der Waals surface area contributed by atoms with E-state index in [0.717, 1.165) is 39.2 Å². The molecule has 0 N–H and O–H groups in total. The summed E-state index contributed by atoms with van der Waals surface area (Å²) in [6.45, 7) is 4.37. The van der Waals surface area contributed by atoms with Crippen molar-refractivity contribution in [3.63, 3.8) is 0 Å². The van der Waals surface area contributed by atoms with Crippen molar-refractivity contribution in [3.8, 4) is 5.69 Å². The molecule has 3 heterocycles. The van der Waals surface area contributed by atoms with E-state index in [-0.39, 0.29) is 6.61 Å². The third-order valence-corrected chi connectivity index (χ3v) is 5.16. The van der Waals surface area contributed by atoms with Crippen LogP contribution in [0, 0.1) is 13.8 Å². The Kier molecular flexibility index (Phi) is 4.48. The van der Waals surface area contributed by atoms with Gasteiger partial charge in [0, 0.05) is 11.4 Å². The number of benzene rings is 2. The van der Waals surface area contributed by atoms with Crippen molar-refractivity contribution in [2.24, 2.45) is 5.16 Å².